The molecule has 3 aliphatic rings. The molecule has 2 saturated carbocycles. The van der Waals surface area contributed by atoms with Crippen molar-refractivity contribution >= 4 is 0 Å². The lowest BCUT2D eigenvalue weighted by atomic mass is 9.80. The van der Waals surface area contributed by atoms with Gasteiger partial charge in [-0.3, -0.25) is 0 Å². The molecule has 0 aromatic heterocycles. The van der Waals surface area contributed by atoms with Crippen LogP contribution in [0.3, 0.4) is 0 Å². The normalized spacial score (nSPS) is 47.1. The molecule has 4 unspecified atom stereocenters. The molecule has 0 amide bonds. The van der Waals surface area contributed by atoms with Gasteiger partial charge in [0, 0.05) is 0 Å². The van der Waals surface area contributed by atoms with Gasteiger partial charge in [-0.25, -0.2) is 0 Å². The number of piperidine rings is 1. The molecule has 1 heterocycles. The molecule has 0 spiro atoms. The molecular formula is C13H23N. The van der Waals surface area contributed by atoms with Crippen LogP contribution < -0.4 is 5.32 Å². The molecule has 4 atom stereocenters. The summed E-state index contributed by atoms with van der Waals surface area (Å²) in [4.78, 5) is 0. The van der Waals surface area contributed by atoms with Crippen molar-refractivity contribution in [3.8, 4) is 0 Å². The predicted molar refractivity (Wildman–Crippen MR) is 59.1 cm³/mol. The predicted octanol–water partition coefficient (Wildman–Crippen LogP) is 2.81. The highest BCUT2D eigenvalue weighted by molar-refractivity contribution is 4.91. The first-order chi connectivity index (χ1) is 6.92. The summed E-state index contributed by atoms with van der Waals surface area (Å²) in [6.07, 6.45) is 10.8. The summed E-state index contributed by atoms with van der Waals surface area (Å²) in [7, 11) is 0. The van der Waals surface area contributed by atoms with Crippen LogP contribution in [0.15, 0.2) is 0 Å². The highest BCUT2D eigenvalue weighted by Crippen LogP contribution is 2.50. The Hall–Kier alpha value is -0.0400. The third kappa shape index (κ3) is 1.71. The van der Waals surface area contributed by atoms with Crippen molar-refractivity contribution in [2.45, 2.75) is 44.9 Å². The van der Waals surface area contributed by atoms with Gasteiger partial charge >= 0.3 is 0 Å². The van der Waals surface area contributed by atoms with E-state index in [0.717, 1.165) is 23.7 Å². The smallest absolute Gasteiger partial charge is 0.00204 e. The zero-order chi connectivity index (χ0) is 9.38. The fourth-order valence-electron chi connectivity index (χ4n) is 4.22. The van der Waals surface area contributed by atoms with Gasteiger partial charge in [0.2, 0.25) is 0 Å². The van der Waals surface area contributed by atoms with E-state index in [1.807, 2.05) is 0 Å². The Balaban J connectivity index is 1.52. The maximum absolute atomic E-state index is 3.55. The lowest BCUT2D eigenvalue weighted by molar-refractivity contribution is 0.239. The van der Waals surface area contributed by atoms with Gasteiger partial charge in [0.05, 0.1) is 0 Å². The van der Waals surface area contributed by atoms with Crippen LogP contribution in [0, 0.1) is 23.7 Å². The van der Waals surface area contributed by atoms with Crippen molar-refractivity contribution in [3.63, 3.8) is 0 Å². The molecule has 1 N–H and O–H groups in total. The monoisotopic (exact) mass is 193 g/mol. The molecule has 3 fully saturated rings. The Morgan fingerprint density at radius 2 is 2.07 bits per heavy atom. The number of rotatable bonds is 2. The second-order valence-electron chi connectivity index (χ2n) is 5.88. The van der Waals surface area contributed by atoms with E-state index in [9.17, 15) is 0 Å². The zero-order valence-electron chi connectivity index (χ0n) is 9.17. The van der Waals surface area contributed by atoms with Crippen molar-refractivity contribution in [1.82, 2.24) is 5.32 Å². The maximum Gasteiger partial charge on any atom is -0.00204 e. The Labute approximate surface area is 87.7 Å². The van der Waals surface area contributed by atoms with Crippen molar-refractivity contribution in [3.05, 3.63) is 0 Å². The van der Waals surface area contributed by atoms with Crippen molar-refractivity contribution in [1.29, 1.82) is 0 Å². The van der Waals surface area contributed by atoms with Crippen molar-refractivity contribution < 1.29 is 0 Å². The van der Waals surface area contributed by atoms with Crippen LogP contribution in [0.4, 0.5) is 0 Å². The molecule has 0 aromatic rings. The van der Waals surface area contributed by atoms with Crippen molar-refractivity contribution in [2.75, 3.05) is 13.1 Å². The van der Waals surface area contributed by atoms with E-state index in [1.165, 1.54) is 25.9 Å². The molecule has 1 saturated heterocycles. The van der Waals surface area contributed by atoms with E-state index >= 15 is 0 Å². The second kappa shape index (κ2) is 3.84. The summed E-state index contributed by atoms with van der Waals surface area (Å²) in [6, 6.07) is 0. The van der Waals surface area contributed by atoms with Gasteiger partial charge in [-0.15, -0.1) is 0 Å². The minimum atomic E-state index is 1.02. The SMILES string of the molecule is C1CNCC(CC2CC3CCC2C3)C1. The number of fused-ring (bicyclic) bond motifs is 2. The minimum Gasteiger partial charge on any atom is -0.316 e. The fourth-order valence-corrected chi connectivity index (χ4v) is 4.22. The Kier molecular flexibility index (Phi) is 2.53. The van der Waals surface area contributed by atoms with E-state index in [-0.39, 0.29) is 0 Å². The van der Waals surface area contributed by atoms with Crippen LogP contribution in [0.2, 0.25) is 0 Å². The number of hydrogen-bond acceptors (Lipinski definition) is 1. The van der Waals surface area contributed by atoms with Crippen LogP contribution in [0.5, 0.6) is 0 Å². The van der Waals surface area contributed by atoms with Gasteiger partial charge in [-0.1, -0.05) is 6.42 Å². The first-order valence-electron chi connectivity index (χ1n) is 6.62. The minimum absolute atomic E-state index is 1.02. The van der Waals surface area contributed by atoms with Crippen LogP contribution >= 0.6 is 0 Å². The molecule has 0 aromatic carbocycles. The highest BCUT2D eigenvalue weighted by Gasteiger charge is 2.39. The first-order valence-corrected chi connectivity index (χ1v) is 6.62. The third-order valence-electron chi connectivity index (χ3n) is 4.92. The first kappa shape index (κ1) is 9.21. The van der Waals surface area contributed by atoms with E-state index < -0.39 is 0 Å². The van der Waals surface area contributed by atoms with Crippen molar-refractivity contribution in [2.24, 2.45) is 23.7 Å². The third-order valence-corrected chi connectivity index (χ3v) is 4.92. The Morgan fingerprint density at radius 3 is 2.71 bits per heavy atom. The summed E-state index contributed by atoms with van der Waals surface area (Å²) in [5.74, 6) is 4.43. The van der Waals surface area contributed by atoms with Gasteiger partial charge in [-0.05, 0) is 75.3 Å². The molecule has 1 heteroatoms. The van der Waals surface area contributed by atoms with Gasteiger partial charge in [0.1, 0.15) is 0 Å². The number of hydrogen-bond donors (Lipinski definition) is 1. The highest BCUT2D eigenvalue weighted by atomic mass is 14.9. The van der Waals surface area contributed by atoms with Gasteiger partial charge in [-0.2, -0.15) is 0 Å². The van der Waals surface area contributed by atoms with Crippen LogP contribution in [-0.2, 0) is 0 Å². The molecule has 3 rings (SSSR count). The molecule has 0 radical (unpaired) electrons. The van der Waals surface area contributed by atoms with E-state index in [4.69, 9.17) is 0 Å². The average Bonchev–Trinajstić information content (AvgIpc) is 2.81. The molecule has 80 valence electrons. The standard InChI is InChI=1S/C13H23N/c1-2-11(9-14-5-1)8-13-7-10-3-4-12(13)6-10/h10-14H,1-9H2. The van der Waals surface area contributed by atoms with Crippen LogP contribution in [-0.4, -0.2) is 13.1 Å². The van der Waals surface area contributed by atoms with Gasteiger partial charge in [0.25, 0.3) is 0 Å². The average molecular weight is 193 g/mol. The lowest BCUT2D eigenvalue weighted by Crippen LogP contribution is -2.31. The Morgan fingerprint density at radius 1 is 1.07 bits per heavy atom. The molecule has 1 aliphatic heterocycles. The van der Waals surface area contributed by atoms with Crippen LogP contribution in [0.1, 0.15) is 44.9 Å². The number of nitrogens with one attached hydrogen (secondary N) is 1. The lowest BCUT2D eigenvalue weighted by Gasteiger charge is -2.29. The molecule has 1 nitrogen and oxygen atoms in total. The quantitative estimate of drug-likeness (QED) is 0.711. The molecule has 14 heavy (non-hydrogen) atoms. The Bertz CT molecular complexity index is 195. The zero-order valence-corrected chi connectivity index (χ0v) is 9.17. The summed E-state index contributed by atoms with van der Waals surface area (Å²) < 4.78 is 0. The van der Waals surface area contributed by atoms with Gasteiger partial charge in [0.15, 0.2) is 0 Å². The van der Waals surface area contributed by atoms with Crippen LogP contribution in [0.25, 0.3) is 0 Å². The molecular weight excluding hydrogens is 170 g/mol. The van der Waals surface area contributed by atoms with E-state index in [1.54, 1.807) is 32.1 Å². The topological polar surface area (TPSA) is 12.0 Å². The summed E-state index contributed by atoms with van der Waals surface area (Å²) in [6.45, 7) is 2.58. The largest absolute Gasteiger partial charge is 0.316 e. The van der Waals surface area contributed by atoms with E-state index in [2.05, 4.69) is 5.32 Å². The molecule has 2 bridgehead atoms. The summed E-state index contributed by atoms with van der Waals surface area (Å²) in [5, 5.41) is 3.55. The fraction of sp³-hybridized carbons (Fsp3) is 1.00. The summed E-state index contributed by atoms with van der Waals surface area (Å²) in [5.41, 5.74) is 0. The maximum atomic E-state index is 3.55. The summed E-state index contributed by atoms with van der Waals surface area (Å²) >= 11 is 0. The van der Waals surface area contributed by atoms with Gasteiger partial charge < -0.3 is 5.32 Å². The van der Waals surface area contributed by atoms with E-state index in [0.29, 0.717) is 0 Å². The second-order valence-corrected chi connectivity index (χ2v) is 5.88. The molecule has 2 aliphatic carbocycles.